The Kier molecular flexibility index (Phi) is 2.60. The van der Waals surface area contributed by atoms with Crippen molar-refractivity contribution < 1.29 is 0 Å². The molecule has 1 aromatic heterocycles. The summed E-state index contributed by atoms with van der Waals surface area (Å²) >= 11 is 0. The largest absolute Gasteiger partial charge is 0.347 e. The van der Waals surface area contributed by atoms with Crippen molar-refractivity contribution in [1.29, 1.82) is 0 Å². The van der Waals surface area contributed by atoms with Gasteiger partial charge >= 0.3 is 5.69 Å². The summed E-state index contributed by atoms with van der Waals surface area (Å²) in [5.74, 6) is 0.643. The lowest BCUT2D eigenvalue weighted by molar-refractivity contribution is 0.757. The minimum absolute atomic E-state index is 0.312. The molecule has 3 rings (SSSR count). The Balaban J connectivity index is 2.00. The van der Waals surface area contributed by atoms with Crippen LogP contribution in [0.2, 0.25) is 0 Å². The first-order valence-electron chi connectivity index (χ1n) is 5.89. The van der Waals surface area contributed by atoms with E-state index in [9.17, 15) is 4.79 Å². The summed E-state index contributed by atoms with van der Waals surface area (Å²) in [7, 11) is 0. The minimum atomic E-state index is -0.312. The molecule has 0 amide bonds. The van der Waals surface area contributed by atoms with Crippen LogP contribution in [0.15, 0.2) is 29.1 Å². The fraction of sp³-hybridized carbons (Fsp3) is 0.231. The third-order valence-corrected chi connectivity index (χ3v) is 3.01. The van der Waals surface area contributed by atoms with Crippen molar-refractivity contribution in [3.8, 4) is 0 Å². The van der Waals surface area contributed by atoms with Gasteiger partial charge in [0.05, 0.1) is 0 Å². The van der Waals surface area contributed by atoms with E-state index in [-0.39, 0.29) is 5.69 Å². The quantitative estimate of drug-likeness (QED) is 0.745. The Morgan fingerprint density at radius 1 is 1.33 bits per heavy atom. The molecular formula is C13H14N4O. The summed E-state index contributed by atoms with van der Waals surface area (Å²) in [5, 5.41) is 6.42. The van der Waals surface area contributed by atoms with Crippen LogP contribution in [0, 0.1) is 6.92 Å². The van der Waals surface area contributed by atoms with Crippen molar-refractivity contribution in [2.45, 2.75) is 20.0 Å². The van der Waals surface area contributed by atoms with Crippen molar-refractivity contribution >= 4 is 11.5 Å². The number of nitrogens with one attached hydrogen (secondary N) is 3. The van der Waals surface area contributed by atoms with Crippen molar-refractivity contribution in [1.82, 2.24) is 15.3 Å². The van der Waals surface area contributed by atoms with E-state index >= 15 is 0 Å². The molecule has 3 N–H and O–H groups in total. The molecule has 1 aliphatic rings. The summed E-state index contributed by atoms with van der Waals surface area (Å²) in [6.07, 6.45) is 0. The van der Waals surface area contributed by atoms with Gasteiger partial charge in [-0.2, -0.15) is 4.98 Å². The number of fused-ring (bicyclic) bond motifs is 1. The average Bonchev–Trinajstić information content (AvgIpc) is 2.77. The van der Waals surface area contributed by atoms with Crippen LogP contribution in [0.5, 0.6) is 0 Å². The first-order chi connectivity index (χ1) is 8.72. The van der Waals surface area contributed by atoms with Gasteiger partial charge in [0.25, 0.3) is 0 Å². The molecule has 0 radical (unpaired) electrons. The normalized spacial score (nSPS) is 13.4. The Labute approximate surface area is 104 Å². The van der Waals surface area contributed by atoms with Crippen LogP contribution in [-0.2, 0) is 13.1 Å². The van der Waals surface area contributed by atoms with Crippen LogP contribution < -0.4 is 16.3 Å². The molecule has 92 valence electrons. The molecule has 0 saturated heterocycles. The van der Waals surface area contributed by atoms with Crippen LogP contribution in [-0.4, -0.2) is 9.97 Å². The number of rotatable bonds is 2. The number of anilines is 2. The van der Waals surface area contributed by atoms with Gasteiger partial charge in [-0.1, -0.05) is 12.1 Å². The van der Waals surface area contributed by atoms with E-state index in [0.717, 1.165) is 23.5 Å². The first kappa shape index (κ1) is 11.0. The van der Waals surface area contributed by atoms with Gasteiger partial charge in [0.1, 0.15) is 5.82 Å². The van der Waals surface area contributed by atoms with Gasteiger partial charge in [0.15, 0.2) is 0 Å². The van der Waals surface area contributed by atoms with E-state index in [1.807, 2.05) is 31.2 Å². The molecule has 0 unspecified atom stereocenters. The molecule has 0 atom stereocenters. The summed E-state index contributed by atoms with van der Waals surface area (Å²) in [6.45, 7) is 3.45. The van der Waals surface area contributed by atoms with Crippen LogP contribution >= 0.6 is 0 Å². The van der Waals surface area contributed by atoms with Gasteiger partial charge in [-0.3, -0.25) is 0 Å². The highest BCUT2D eigenvalue weighted by molar-refractivity contribution is 5.61. The van der Waals surface area contributed by atoms with Crippen LogP contribution in [0.25, 0.3) is 0 Å². The summed E-state index contributed by atoms with van der Waals surface area (Å²) in [5.41, 5.74) is 3.76. The first-order valence-corrected chi connectivity index (χ1v) is 5.89. The molecule has 2 aromatic rings. The van der Waals surface area contributed by atoms with Gasteiger partial charge < -0.3 is 15.6 Å². The molecule has 18 heavy (non-hydrogen) atoms. The standard InChI is InChI=1S/C13H14N4O/c1-8-3-2-4-9(5-8)15-12-10-6-14-7-11(10)16-13(18)17-12/h2-5,14H,6-7H2,1H3,(H2,15,16,17,18). The monoisotopic (exact) mass is 242 g/mol. The van der Waals surface area contributed by atoms with Crippen molar-refractivity contribution in [2.75, 3.05) is 5.32 Å². The van der Waals surface area contributed by atoms with Crippen LogP contribution in [0.4, 0.5) is 11.5 Å². The zero-order valence-electron chi connectivity index (χ0n) is 10.1. The van der Waals surface area contributed by atoms with Gasteiger partial charge in [-0.15, -0.1) is 0 Å². The average molecular weight is 242 g/mol. The van der Waals surface area contributed by atoms with Gasteiger partial charge in [0.2, 0.25) is 0 Å². The smallest absolute Gasteiger partial charge is 0.340 e. The van der Waals surface area contributed by atoms with E-state index in [2.05, 4.69) is 20.6 Å². The maximum atomic E-state index is 11.5. The molecule has 0 bridgehead atoms. The number of hydrogen-bond donors (Lipinski definition) is 3. The summed E-state index contributed by atoms with van der Waals surface area (Å²) in [6, 6.07) is 7.99. The molecule has 0 saturated carbocycles. The lowest BCUT2D eigenvalue weighted by Crippen LogP contribution is -2.16. The van der Waals surface area contributed by atoms with E-state index in [1.165, 1.54) is 5.56 Å². The fourth-order valence-corrected chi connectivity index (χ4v) is 2.16. The number of aryl methyl sites for hydroxylation is 1. The molecule has 5 nitrogen and oxygen atoms in total. The molecule has 1 aromatic carbocycles. The highest BCUT2D eigenvalue weighted by Gasteiger charge is 2.17. The number of H-pyrrole nitrogens is 1. The Morgan fingerprint density at radius 3 is 3.06 bits per heavy atom. The number of nitrogens with zero attached hydrogens (tertiary/aromatic N) is 1. The van der Waals surface area contributed by atoms with Gasteiger partial charge in [-0.25, -0.2) is 4.79 Å². The van der Waals surface area contributed by atoms with E-state index in [0.29, 0.717) is 12.4 Å². The zero-order chi connectivity index (χ0) is 12.5. The van der Waals surface area contributed by atoms with Gasteiger partial charge in [-0.05, 0) is 24.6 Å². The number of aromatic nitrogens is 2. The molecule has 0 fully saturated rings. The molecule has 5 heteroatoms. The van der Waals surface area contributed by atoms with Crippen LogP contribution in [0.3, 0.4) is 0 Å². The molecular weight excluding hydrogens is 228 g/mol. The Bertz CT molecular complexity index is 648. The third kappa shape index (κ3) is 2.00. The Morgan fingerprint density at radius 2 is 2.22 bits per heavy atom. The highest BCUT2D eigenvalue weighted by atomic mass is 16.1. The van der Waals surface area contributed by atoms with Crippen molar-refractivity contribution in [2.24, 2.45) is 0 Å². The lowest BCUT2D eigenvalue weighted by atomic mass is 10.2. The van der Waals surface area contributed by atoms with E-state index in [4.69, 9.17) is 0 Å². The Hall–Kier alpha value is -2.14. The summed E-state index contributed by atoms with van der Waals surface area (Å²) < 4.78 is 0. The number of aromatic amines is 1. The van der Waals surface area contributed by atoms with E-state index < -0.39 is 0 Å². The van der Waals surface area contributed by atoms with E-state index in [1.54, 1.807) is 0 Å². The number of benzene rings is 1. The van der Waals surface area contributed by atoms with Gasteiger partial charge in [0, 0.05) is 30.0 Å². The predicted octanol–water partition coefficient (Wildman–Crippen LogP) is 1.43. The van der Waals surface area contributed by atoms with Crippen molar-refractivity contribution in [3.63, 3.8) is 0 Å². The molecule has 0 spiro atoms. The second kappa shape index (κ2) is 4.27. The number of hydrogen-bond acceptors (Lipinski definition) is 4. The lowest BCUT2D eigenvalue weighted by Gasteiger charge is -2.09. The van der Waals surface area contributed by atoms with Crippen molar-refractivity contribution in [3.05, 3.63) is 51.6 Å². The zero-order valence-corrected chi connectivity index (χ0v) is 10.1. The SMILES string of the molecule is Cc1cccc(Nc2nc(=O)[nH]c3c2CNC3)c1. The summed E-state index contributed by atoms with van der Waals surface area (Å²) in [4.78, 5) is 18.2. The molecule has 2 heterocycles. The second-order valence-electron chi connectivity index (χ2n) is 4.45. The highest BCUT2D eigenvalue weighted by Crippen LogP contribution is 2.22. The third-order valence-electron chi connectivity index (χ3n) is 3.01. The molecule has 1 aliphatic heterocycles. The molecule has 0 aliphatic carbocycles. The maximum absolute atomic E-state index is 11.5. The predicted molar refractivity (Wildman–Crippen MR) is 69.9 cm³/mol. The fourth-order valence-electron chi connectivity index (χ4n) is 2.16. The topological polar surface area (TPSA) is 69.8 Å². The minimum Gasteiger partial charge on any atom is -0.340 e. The van der Waals surface area contributed by atoms with Crippen LogP contribution in [0.1, 0.15) is 16.8 Å². The second-order valence-corrected chi connectivity index (χ2v) is 4.45. The maximum Gasteiger partial charge on any atom is 0.347 e.